The lowest BCUT2D eigenvalue weighted by molar-refractivity contribution is -0.122. The van der Waals surface area contributed by atoms with Crippen LogP contribution >= 0.6 is 0 Å². The summed E-state index contributed by atoms with van der Waals surface area (Å²) >= 11 is 0. The molecular weight excluding hydrogens is 224 g/mol. The molecule has 0 radical (unpaired) electrons. The molecule has 0 bridgehead atoms. The summed E-state index contributed by atoms with van der Waals surface area (Å²) in [6.45, 7) is 2.43. The summed E-state index contributed by atoms with van der Waals surface area (Å²) < 4.78 is 25.9. The maximum Gasteiger partial charge on any atom is 0.223 e. The molecule has 2 nitrogen and oxygen atoms in total. The van der Waals surface area contributed by atoms with Gasteiger partial charge in [-0.2, -0.15) is 0 Å². The maximum absolute atomic E-state index is 13.3. The van der Waals surface area contributed by atoms with E-state index in [1.165, 1.54) is 12.1 Å². The van der Waals surface area contributed by atoms with E-state index in [4.69, 9.17) is 0 Å². The second-order valence-corrected chi connectivity index (χ2v) is 4.60. The van der Waals surface area contributed by atoms with Crippen LogP contribution in [0.15, 0.2) is 18.2 Å². The molecule has 17 heavy (non-hydrogen) atoms. The number of carbonyl (C=O) groups is 1. The van der Waals surface area contributed by atoms with Crippen LogP contribution < -0.4 is 5.32 Å². The quantitative estimate of drug-likeness (QED) is 0.858. The molecule has 1 aliphatic carbocycles. The van der Waals surface area contributed by atoms with Crippen molar-refractivity contribution in [3.8, 4) is 0 Å². The van der Waals surface area contributed by atoms with Crippen LogP contribution in [0.5, 0.6) is 0 Å². The first-order valence-electron chi connectivity index (χ1n) is 5.79. The lowest BCUT2D eigenvalue weighted by atomic mass is 10.1. The zero-order valence-electron chi connectivity index (χ0n) is 9.67. The van der Waals surface area contributed by atoms with Crippen molar-refractivity contribution in [3.63, 3.8) is 0 Å². The van der Waals surface area contributed by atoms with Crippen LogP contribution in [0.3, 0.4) is 0 Å². The van der Waals surface area contributed by atoms with Crippen molar-refractivity contribution in [3.05, 3.63) is 35.4 Å². The lowest BCUT2D eigenvalue weighted by Crippen LogP contribution is -2.27. The first-order valence-corrected chi connectivity index (χ1v) is 5.79. The van der Waals surface area contributed by atoms with Gasteiger partial charge in [0.15, 0.2) is 0 Å². The second-order valence-electron chi connectivity index (χ2n) is 4.60. The average molecular weight is 239 g/mol. The van der Waals surface area contributed by atoms with Gasteiger partial charge in [-0.05, 0) is 30.4 Å². The van der Waals surface area contributed by atoms with Gasteiger partial charge in [-0.15, -0.1) is 0 Å². The molecular formula is C13H15F2NO. The Morgan fingerprint density at radius 1 is 1.47 bits per heavy atom. The van der Waals surface area contributed by atoms with Crippen molar-refractivity contribution in [2.75, 3.05) is 6.54 Å². The minimum Gasteiger partial charge on any atom is -0.356 e. The standard InChI is InChI=1S/C13H15F2NO/c1-8-6-11(8)13(17)16-5-4-9-2-3-10(14)7-12(9)15/h2-3,7-8,11H,4-6H2,1H3,(H,16,17)/t8-,11+/m1/s1. The monoisotopic (exact) mass is 239 g/mol. The average Bonchev–Trinajstić information content (AvgIpc) is 2.99. The fraction of sp³-hybridized carbons (Fsp3) is 0.462. The normalized spacial score (nSPS) is 22.3. The van der Waals surface area contributed by atoms with Crippen LogP contribution in [0.25, 0.3) is 0 Å². The Kier molecular flexibility index (Phi) is 3.41. The van der Waals surface area contributed by atoms with Crippen molar-refractivity contribution < 1.29 is 13.6 Å². The molecule has 1 fully saturated rings. The van der Waals surface area contributed by atoms with E-state index in [1.54, 1.807) is 0 Å². The van der Waals surface area contributed by atoms with Crippen molar-refractivity contribution >= 4 is 5.91 Å². The highest BCUT2D eigenvalue weighted by Gasteiger charge is 2.38. The molecule has 0 saturated heterocycles. The number of benzene rings is 1. The third-order valence-corrected chi connectivity index (χ3v) is 3.15. The summed E-state index contributed by atoms with van der Waals surface area (Å²) in [6.07, 6.45) is 1.33. The molecule has 1 amide bonds. The van der Waals surface area contributed by atoms with Gasteiger partial charge in [-0.25, -0.2) is 8.78 Å². The molecule has 4 heteroatoms. The highest BCUT2D eigenvalue weighted by Crippen LogP contribution is 2.37. The number of nitrogens with one attached hydrogen (secondary N) is 1. The van der Waals surface area contributed by atoms with Gasteiger partial charge in [-0.3, -0.25) is 4.79 Å². The molecule has 0 heterocycles. The zero-order chi connectivity index (χ0) is 12.4. The van der Waals surface area contributed by atoms with Gasteiger partial charge in [-0.1, -0.05) is 13.0 Å². The SMILES string of the molecule is C[C@@H]1C[C@@H]1C(=O)NCCc1ccc(F)cc1F. The van der Waals surface area contributed by atoms with Gasteiger partial charge in [0.25, 0.3) is 0 Å². The van der Waals surface area contributed by atoms with Crippen LogP contribution in [0.4, 0.5) is 8.78 Å². The molecule has 1 N–H and O–H groups in total. The Morgan fingerprint density at radius 2 is 2.18 bits per heavy atom. The van der Waals surface area contributed by atoms with E-state index in [-0.39, 0.29) is 11.8 Å². The predicted octanol–water partition coefficient (Wildman–Crippen LogP) is 2.28. The number of hydrogen-bond donors (Lipinski definition) is 1. The van der Waals surface area contributed by atoms with E-state index in [0.717, 1.165) is 12.5 Å². The second kappa shape index (κ2) is 4.82. The number of hydrogen-bond acceptors (Lipinski definition) is 1. The van der Waals surface area contributed by atoms with Gasteiger partial charge >= 0.3 is 0 Å². The van der Waals surface area contributed by atoms with E-state index in [9.17, 15) is 13.6 Å². The van der Waals surface area contributed by atoms with Crippen LogP contribution in [-0.4, -0.2) is 12.5 Å². The number of amides is 1. The van der Waals surface area contributed by atoms with Gasteiger partial charge in [0.2, 0.25) is 5.91 Å². The summed E-state index contributed by atoms with van der Waals surface area (Å²) in [5, 5.41) is 2.77. The molecule has 2 rings (SSSR count). The molecule has 1 aromatic carbocycles. The number of carbonyl (C=O) groups excluding carboxylic acids is 1. The van der Waals surface area contributed by atoms with E-state index in [2.05, 4.69) is 5.32 Å². The Hall–Kier alpha value is -1.45. The summed E-state index contributed by atoms with van der Waals surface area (Å²) in [6, 6.07) is 3.50. The lowest BCUT2D eigenvalue weighted by Gasteiger charge is -2.05. The van der Waals surface area contributed by atoms with Gasteiger partial charge < -0.3 is 5.32 Å². The Labute approximate surface area is 99.0 Å². The summed E-state index contributed by atoms with van der Waals surface area (Å²) in [5.41, 5.74) is 0.426. The van der Waals surface area contributed by atoms with Crippen molar-refractivity contribution in [2.45, 2.75) is 19.8 Å². The predicted molar refractivity (Wildman–Crippen MR) is 60.3 cm³/mol. The third kappa shape index (κ3) is 3.02. The molecule has 1 saturated carbocycles. The molecule has 0 aliphatic heterocycles. The van der Waals surface area contributed by atoms with Crippen LogP contribution in [0.1, 0.15) is 18.9 Å². The Morgan fingerprint density at radius 3 is 2.76 bits per heavy atom. The highest BCUT2D eigenvalue weighted by molar-refractivity contribution is 5.81. The van der Waals surface area contributed by atoms with E-state index in [0.29, 0.717) is 24.4 Å². The molecule has 0 unspecified atom stereocenters. The van der Waals surface area contributed by atoms with Gasteiger partial charge in [0, 0.05) is 18.5 Å². The summed E-state index contributed by atoms with van der Waals surface area (Å²) in [5.74, 6) is -0.494. The van der Waals surface area contributed by atoms with Crippen LogP contribution in [0, 0.1) is 23.5 Å². The van der Waals surface area contributed by atoms with E-state index >= 15 is 0 Å². The van der Waals surface area contributed by atoms with Crippen molar-refractivity contribution in [1.82, 2.24) is 5.32 Å². The van der Waals surface area contributed by atoms with Gasteiger partial charge in [0.1, 0.15) is 11.6 Å². The smallest absolute Gasteiger partial charge is 0.223 e. The first-order chi connectivity index (χ1) is 8.08. The maximum atomic E-state index is 13.3. The van der Waals surface area contributed by atoms with E-state index in [1.807, 2.05) is 6.92 Å². The molecule has 2 atom stereocenters. The molecule has 1 aromatic rings. The molecule has 92 valence electrons. The minimum absolute atomic E-state index is 0.0417. The van der Waals surface area contributed by atoms with Crippen LogP contribution in [0.2, 0.25) is 0 Å². The third-order valence-electron chi connectivity index (χ3n) is 3.15. The topological polar surface area (TPSA) is 29.1 Å². The van der Waals surface area contributed by atoms with Crippen molar-refractivity contribution in [1.29, 1.82) is 0 Å². The summed E-state index contributed by atoms with van der Waals surface area (Å²) in [4.78, 5) is 11.5. The number of rotatable bonds is 4. The summed E-state index contributed by atoms with van der Waals surface area (Å²) in [7, 11) is 0. The van der Waals surface area contributed by atoms with Gasteiger partial charge in [0.05, 0.1) is 0 Å². The molecule has 0 spiro atoms. The van der Waals surface area contributed by atoms with Crippen LogP contribution in [-0.2, 0) is 11.2 Å². The zero-order valence-corrected chi connectivity index (χ0v) is 9.67. The largest absolute Gasteiger partial charge is 0.356 e. The Balaban J connectivity index is 1.80. The minimum atomic E-state index is -0.581. The fourth-order valence-electron chi connectivity index (χ4n) is 1.86. The van der Waals surface area contributed by atoms with E-state index < -0.39 is 11.6 Å². The number of halogens is 2. The Bertz CT molecular complexity index is 433. The fourth-order valence-corrected chi connectivity index (χ4v) is 1.86. The highest BCUT2D eigenvalue weighted by atomic mass is 19.1. The van der Waals surface area contributed by atoms with Crippen molar-refractivity contribution in [2.24, 2.45) is 11.8 Å². The molecule has 1 aliphatic rings. The molecule has 0 aromatic heterocycles. The first kappa shape index (κ1) is 12.0.